The Labute approximate surface area is 77.6 Å². The van der Waals surface area contributed by atoms with Gasteiger partial charge in [-0.3, -0.25) is 13.6 Å². The van der Waals surface area contributed by atoms with Crippen LogP contribution in [-0.4, -0.2) is 25.4 Å². The molecule has 0 saturated heterocycles. The molecule has 0 atom stereocenters. The Bertz CT molecular complexity index is 142. The summed E-state index contributed by atoms with van der Waals surface area (Å²) in [5.74, 6) is 0.317. The average molecular weight is 214 g/mol. The van der Waals surface area contributed by atoms with Crippen LogP contribution in [0.3, 0.4) is 0 Å². The van der Waals surface area contributed by atoms with E-state index in [0.29, 0.717) is 19.2 Å². The highest BCUT2D eigenvalue weighted by Gasteiger charge is 2.24. The Morgan fingerprint density at radius 2 is 1.67 bits per heavy atom. The second-order valence-corrected chi connectivity index (χ2v) is 4.30. The van der Waals surface area contributed by atoms with Crippen molar-refractivity contribution in [3.05, 3.63) is 0 Å². The lowest BCUT2D eigenvalue weighted by Crippen LogP contribution is -1.99. The summed E-state index contributed by atoms with van der Waals surface area (Å²) in [5.41, 5.74) is 0. The van der Waals surface area contributed by atoms with Crippen molar-refractivity contribution < 1.29 is 18.1 Å². The summed E-state index contributed by atoms with van der Waals surface area (Å²) in [6, 6.07) is 0. The van der Waals surface area contributed by atoms with Gasteiger partial charge in [0.2, 0.25) is 0 Å². The zero-order chi connectivity index (χ0) is 9.45. The van der Waals surface area contributed by atoms with Gasteiger partial charge in [0.25, 0.3) is 0 Å². The van der Waals surface area contributed by atoms with E-state index in [-0.39, 0.29) is 0 Å². The van der Waals surface area contributed by atoms with Crippen molar-refractivity contribution in [1.29, 1.82) is 0 Å². The number of phosphoric ester groups is 1. The van der Waals surface area contributed by atoms with Crippen molar-refractivity contribution in [3.8, 4) is 0 Å². The highest BCUT2D eigenvalue weighted by molar-refractivity contribution is 7.98. The zero-order valence-electron chi connectivity index (χ0n) is 7.61. The molecule has 0 aromatic heterocycles. The van der Waals surface area contributed by atoms with Gasteiger partial charge in [-0.25, -0.2) is 4.57 Å². The Morgan fingerprint density at radius 1 is 1.17 bits per heavy atom. The molecule has 0 rings (SSSR count). The predicted octanol–water partition coefficient (Wildman–Crippen LogP) is 2.50. The van der Waals surface area contributed by atoms with Gasteiger partial charge >= 0.3 is 7.82 Å². The predicted molar refractivity (Wildman–Crippen MR) is 50.3 cm³/mol. The molecule has 74 valence electrons. The maximum absolute atomic E-state index is 11.5. The SMILES string of the molecule is CCOP(=O)(OCC)OCSC. The van der Waals surface area contributed by atoms with Gasteiger partial charge in [-0.2, -0.15) is 0 Å². The first-order chi connectivity index (χ1) is 5.68. The number of phosphoric acid groups is 1. The fourth-order valence-electron chi connectivity index (χ4n) is 0.545. The largest absolute Gasteiger partial charge is 0.475 e. The maximum Gasteiger partial charge on any atom is 0.475 e. The fraction of sp³-hybridized carbons (Fsp3) is 1.00. The average Bonchev–Trinajstić information content (AvgIpc) is 2.02. The third kappa shape index (κ3) is 5.17. The Morgan fingerprint density at radius 3 is 2.00 bits per heavy atom. The first-order valence-corrected chi connectivity index (χ1v) is 6.56. The summed E-state index contributed by atoms with van der Waals surface area (Å²) in [7, 11) is -3.26. The molecular formula is C6H15O4PS. The highest BCUT2D eigenvalue weighted by Crippen LogP contribution is 2.49. The van der Waals surface area contributed by atoms with E-state index >= 15 is 0 Å². The summed E-state index contributed by atoms with van der Waals surface area (Å²) in [4.78, 5) is 0. The van der Waals surface area contributed by atoms with Crippen LogP contribution in [0.4, 0.5) is 0 Å². The molecule has 0 aromatic carbocycles. The molecule has 0 heterocycles. The van der Waals surface area contributed by atoms with Crippen molar-refractivity contribution in [2.75, 3.05) is 25.4 Å². The summed E-state index contributed by atoms with van der Waals surface area (Å²) < 4.78 is 26.2. The van der Waals surface area contributed by atoms with Crippen LogP contribution in [0.5, 0.6) is 0 Å². The summed E-state index contributed by atoms with van der Waals surface area (Å²) in [6.07, 6.45) is 1.85. The first kappa shape index (κ1) is 12.5. The van der Waals surface area contributed by atoms with Crippen molar-refractivity contribution in [3.63, 3.8) is 0 Å². The normalized spacial score (nSPS) is 11.9. The van der Waals surface area contributed by atoms with Crippen LogP contribution in [0.1, 0.15) is 13.8 Å². The standard InChI is InChI=1S/C6H15O4PS/c1-4-8-11(7,9-5-2)10-6-12-3/h4-6H2,1-3H3. The molecule has 0 aromatic rings. The molecule has 0 radical (unpaired) electrons. The molecule has 0 saturated carbocycles. The minimum atomic E-state index is -3.26. The number of thioether (sulfide) groups is 1. The lowest BCUT2D eigenvalue weighted by Gasteiger charge is -2.15. The summed E-state index contributed by atoms with van der Waals surface area (Å²) in [5, 5.41) is 0. The van der Waals surface area contributed by atoms with Gasteiger partial charge < -0.3 is 0 Å². The van der Waals surface area contributed by atoms with Crippen LogP contribution in [-0.2, 0) is 18.1 Å². The van der Waals surface area contributed by atoms with Gasteiger partial charge in [-0.15, -0.1) is 11.8 Å². The Hall–Kier alpha value is 0.460. The first-order valence-electron chi connectivity index (χ1n) is 3.71. The third-order valence-corrected chi connectivity index (χ3v) is 3.03. The Kier molecular flexibility index (Phi) is 7.19. The van der Waals surface area contributed by atoms with Crippen LogP contribution in [0, 0.1) is 0 Å². The van der Waals surface area contributed by atoms with Gasteiger partial charge in [-0.1, -0.05) is 0 Å². The van der Waals surface area contributed by atoms with E-state index in [0.717, 1.165) is 0 Å². The minimum absolute atomic E-state index is 0.317. The van der Waals surface area contributed by atoms with E-state index in [2.05, 4.69) is 0 Å². The molecule has 12 heavy (non-hydrogen) atoms. The molecule has 0 unspecified atom stereocenters. The number of rotatable bonds is 7. The zero-order valence-corrected chi connectivity index (χ0v) is 9.32. The van der Waals surface area contributed by atoms with E-state index in [9.17, 15) is 4.57 Å². The quantitative estimate of drug-likeness (QED) is 0.481. The molecule has 0 bridgehead atoms. The fourth-order valence-corrected chi connectivity index (χ4v) is 2.34. The van der Waals surface area contributed by atoms with E-state index in [1.807, 2.05) is 6.26 Å². The van der Waals surface area contributed by atoms with Gasteiger partial charge in [-0.05, 0) is 20.1 Å². The summed E-state index contributed by atoms with van der Waals surface area (Å²) in [6.45, 7) is 4.14. The van der Waals surface area contributed by atoms with E-state index in [4.69, 9.17) is 13.6 Å². The molecule has 0 aliphatic rings. The van der Waals surface area contributed by atoms with Crippen molar-refractivity contribution in [1.82, 2.24) is 0 Å². The monoisotopic (exact) mass is 214 g/mol. The van der Waals surface area contributed by atoms with Gasteiger partial charge in [0.15, 0.2) is 0 Å². The molecule has 0 spiro atoms. The minimum Gasteiger partial charge on any atom is -0.287 e. The Balaban J connectivity index is 3.90. The lowest BCUT2D eigenvalue weighted by atomic mass is 10.9. The lowest BCUT2D eigenvalue weighted by molar-refractivity contribution is 0.137. The smallest absolute Gasteiger partial charge is 0.287 e. The molecule has 0 amide bonds. The third-order valence-electron chi connectivity index (χ3n) is 0.903. The second kappa shape index (κ2) is 6.92. The van der Waals surface area contributed by atoms with E-state index in [1.165, 1.54) is 11.8 Å². The van der Waals surface area contributed by atoms with Gasteiger partial charge in [0.1, 0.15) is 5.94 Å². The van der Waals surface area contributed by atoms with Gasteiger partial charge in [0.05, 0.1) is 13.2 Å². The van der Waals surface area contributed by atoms with Gasteiger partial charge in [0, 0.05) is 0 Å². The van der Waals surface area contributed by atoms with Crippen LogP contribution in [0.25, 0.3) is 0 Å². The molecule has 0 N–H and O–H groups in total. The highest BCUT2D eigenvalue weighted by atomic mass is 32.2. The molecule has 6 heteroatoms. The summed E-state index contributed by atoms with van der Waals surface area (Å²) >= 11 is 1.43. The molecule has 0 aliphatic carbocycles. The second-order valence-electron chi connectivity index (χ2n) is 1.82. The van der Waals surface area contributed by atoms with Crippen molar-refractivity contribution >= 4 is 19.6 Å². The molecule has 4 nitrogen and oxygen atoms in total. The van der Waals surface area contributed by atoms with Crippen LogP contribution in [0.15, 0.2) is 0 Å². The van der Waals surface area contributed by atoms with Crippen molar-refractivity contribution in [2.24, 2.45) is 0 Å². The van der Waals surface area contributed by atoms with E-state index in [1.54, 1.807) is 13.8 Å². The molecular weight excluding hydrogens is 199 g/mol. The van der Waals surface area contributed by atoms with Crippen LogP contribution >= 0.6 is 19.6 Å². The topological polar surface area (TPSA) is 44.8 Å². The van der Waals surface area contributed by atoms with E-state index < -0.39 is 7.82 Å². The number of hydrogen-bond donors (Lipinski definition) is 0. The van der Waals surface area contributed by atoms with Crippen molar-refractivity contribution in [2.45, 2.75) is 13.8 Å². The van der Waals surface area contributed by atoms with Crippen LogP contribution < -0.4 is 0 Å². The van der Waals surface area contributed by atoms with Crippen LogP contribution in [0.2, 0.25) is 0 Å². The molecule has 0 aliphatic heterocycles. The molecule has 0 fully saturated rings. The maximum atomic E-state index is 11.5. The number of hydrogen-bond acceptors (Lipinski definition) is 5.